The number of halogens is 3. The quantitative estimate of drug-likeness (QED) is 0.523. The molecule has 3 aromatic rings. The highest BCUT2D eigenvalue weighted by molar-refractivity contribution is 5.81. The van der Waals surface area contributed by atoms with E-state index in [1.807, 2.05) is 9.80 Å². The van der Waals surface area contributed by atoms with E-state index in [-0.39, 0.29) is 28.7 Å². The summed E-state index contributed by atoms with van der Waals surface area (Å²) in [5.74, 6) is -2.07. The van der Waals surface area contributed by atoms with E-state index >= 15 is 0 Å². The molecule has 156 valence electrons. The second kappa shape index (κ2) is 7.91. The normalized spacial score (nSPS) is 15.0. The molecule has 6 nitrogen and oxygen atoms in total. The number of hydrogen-bond acceptors (Lipinski definition) is 5. The summed E-state index contributed by atoms with van der Waals surface area (Å²) in [7, 11) is 0. The molecule has 0 aliphatic carbocycles. The van der Waals surface area contributed by atoms with E-state index in [0.717, 1.165) is 0 Å². The topological polar surface area (TPSA) is 69.3 Å². The number of pyridine rings is 2. The fourth-order valence-electron chi connectivity index (χ4n) is 3.69. The zero-order chi connectivity index (χ0) is 21.4. The zero-order valence-corrected chi connectivity index (χ0v) is 16.2. The van der Waals surface area contributed by atoms with Gasteiger partial charge >= 0.3 is 0 Å². The molecule has 1 N–H and O–H groups in total. The first kappa shape index (κ1) is 20.1. The van der Waals surface area contributed by atoms with Crippen molar-refractivity contribution in [3.63, 3.8) is 0 Å². The van der Waals surface area contributed by atoms with Crippen molar-refractivity contribution in [2.75, 3.05) is 31.1 Å². The average Bonchev–Trinajstić information content (AvgIpc) is 2.75. The van der Waals surface area contributed by atoms with E-state index in [2.05, 4.69) is 9.97 Å². The lowest BCUT2D eigenvalue weighted by atomic mass is 10.1. The van der Waals surface area contributed by atoms with Gasteiger partial charge in [-0.15, -0.1) is 0 Å². The number of anilines is 1. The number of aromatic nitrogens is 2. The van der Waals surface area contributed by atoms with Crippen LogP contribution in [0.5, 0.6) is 0 Å². The van der Waals surface area contributed by atoms with Gasteiger partial charge in [-0.05, 0) is 25.1 Å². The summed E-state index contributed by atoms with van der Waals surface area (Å²) in [6, 6.07) is 5.98. The molecule has 9 heteroatoms. The Hall–Kier alpha value is -3.20. The number of aldehydes is 1. The largest absolute Gasteiger partial charge is 0.365 e. The van der Waals surface area contributed by atoms with Gasteiger partial charge in [0, 0.05) is 43.7 Å². The molecule has 0 saturated carbocycles. The van der Waals surface area contributed by atoms with Gasteiger partial charge < -0.3 is 9.88 Å². The first-order chi connectivity index (χ1) is 14.4. The van der Waals surface area contributed by atoms with Crippen LogP contribution in [0, 0.1) is 24.5 Å². The first-order valence-electron chi connectivity index (χ1n) is 9.47. The van der Waals surface area contributed by atoms with Gasteiger partial charge in [0.05, 0.1) is 16.8 Å². The standard InChI is InChI=1S/C21H19F3N4O2/c1-12-17(22)15-4-2-13(18(23)19(15)26-21(12)30)10-27-6-8-28(9-7-27)16-5-3-14(11-29)25-20(16)24/h2-5,11H,6-10H2,1H3,(H,26,30). The first-order valence-corrected chi connectivity index (χ1v) is 9.47. The van der Waals surface area contributed by atoms with E-state index in [9.17, 15) is 22.8 Å². The van der Waals surface area contributed by atoms with Crippen LogP contribution < -0.4 is 10.5 Å². The average molecular weight is 416 g/mol. The maximum absolute atomic E-state index is 14.9. The van der Waals surface area contributed by atoms with Gasteiger partial charge in [0.1, 0.15) is 11.5 Å². The number of nitrogens with one attached hydrogen (secondary N) is 1. The highest BCUT2D eigenvalue weighted by Crippen LogP contribution is 2.24. The van der Waals surface area contributed by atoms with Gasteiger partial charge in [-0.3, -0.25) is 14.5 Å². The molecule has 0 radical (unpaired) electrons. The Balaban J connectivity index is 1.50. The number of piperazine rings is 1. The maximum atomic E-state index is 14.9. The number of carbonyl (C=O) groups is 1. The summed E-state index contributed by atoms with van der Waals surface area (Å²) < 4.78 is 43.3. The van der Waals surface area contributed by atoms with Gasteiger partial charge in [-0.1, -0.05) is 6.07 Å². The third-order valence-corrected chi connectivity index (χ3v) is 5.45. The molecule has 0 spiro atoms. The summed E-state index contributed by atoms with van der Waals surface area (Å²) in [6.45, 7) is 3.72. The van der Waals surface area contributed by atoms with E-state index in [4.69, 9.17) is 0 Å². The van der Waals surface area contributed by atoms with Gasteiger partial charge in [-0.2, -0.15) is 4.39 Å². The molecule has 1 aliphatic heterocycles. The minimum atomic E-state index is -0.718. The summed E-state index contributed by atoms with van der Waals surface area (Å²) in [6.07, 6.45) is 0.489. The van der Waals surface area contributed by atoms with Crippen LogP contribution in [0.3, 0.4) is 0 Å². The summed E-state index contributed by atoms with van der Waals surface area (Å²) in [4.78, 5) is 32.4. The Morgan fingerprint density at radius 3 is 2.47 bits per heavy atom. The molecule has 1 aromatic carbocycles. The third-order valence-electron chi connectivity index (χ3n) is 5.45. The summed E-state index contributed by atoms with van der Waals surface area (Å²) in [5, 5.41) is 0.0416. The summed E-state index contributed by atoms with van der Waals surface area (Å²) >= 11 is 0. The zero-order valence-electron chi connectivity index (χ0n) is 16.2. The van der Waals surface area contributed by atoms with Crippen LogP contribution in [-0.2, 0) is 6.54 Å². The number of aromatic amines is 1. The molecule has 0 bridgehead atoms. The fraction of sp³-hybridized carbons (Fsp3) is 0.286. The summed E-state index contributed by atoms with van der Waals surface area (Å²) in [5.41, 5.74) is -0.165. The molecule has 3 heterocycles. The van der Waals surface area contributed by atoms with Crippen molar-refractivity contribution in [2.24, 2.45) is 0 Å². The van der Waals surface area contributed by atoms with Crippen molar-refractivity contribution in [2.45, 2.75) is 13.5 Å². The molecule has 0 unspecified atom stereocenters. The van der Waals surface area contributed by atoms with Crippen molar-refractivity contribution in [1.29, 1.82) is 0 Å². The highest BCUT2D eigenvalue weighted by Gasteiger charge is 2.22. The maximum Gasteiger partial charge on any atom is 0.254 e. The lowest BCUT2D eigenvalue weighted by Gasteiger charge is -2.36. The predicted molar refractivity (Wildman–Crippen MR) is 106 cm³/mol. The van der Waals surface area contributed by atoms with Crippen LogP contribution in [0.1, 0.15) is 21.6 Å². The Bertz CT molecular complexity index is 1190. The monoisotopic (exact) mass is 416 g/mol. The number of benzene rings is 1. The Kier molecular flexibility index (Phi) is 5.29. The van der Waals surface area contributed by atoms with Crippen LogP contribution in [0.2, 0.25) is 0 Å². The molecule has 1 aliphatic rings. The van der Waals surface area contributed by atoms with Crippen LogP contribution in [0.15, 0.2) is 29.1 Å². The molecule has 0 amide bonds. The van der Waals surface area contributed by atoms with Crippen molar-refractivity contribution in [3.05, 3.63) is 69.0 Å². The number of rotatable bonds is 4. The minimum Gasteiger partial charge on any atom is -0.365 e. The lowest BCUT2D eigenvalue weighted by molar-refractivity contribution is 0.111. The van der Waals surface area contributed by atoms with Crippen molar-refractivity contribution < 1.29 is 18.0 Å². The fourth-order valence-corrected chi connectivity index (χ4v) is 3.69. The van der Waals surface area contributed by atoms with Crippen LogP contribution in [-0.4, -0.2) is 47.3 Å². The minimum absolute atomic E-state index is 0.0336. The van der Waals surface area contributed by atoms with Crippen LogP contribution in [0.4, 0.5) is 18.9 Å². The number of hydrogen-bond donors (Lipinski definition) is 1. The molecule has 0 atom stereocenters. The third kappa shape index (κ3) is 3.56. The van der Waals surface area contributed by atoms with Gasteiger partial charge in [0.2, 0.25) is 5.95 Å². The Morgan fingerprint density at radius 2 is 1.80 bits per heavy atom. The highest BCUT2D eigenvalue weighted by atomic mass is 19.1. The molecular weight excluding hydrogens is 397 g/mol. The molecule has 4 rings (SSSR count). The van der Waals surface area contributed by atoms with Gasteiger partial charge in [0.25, 0.3) is 5.56 Å². The van der Waals surface area contributed by atoms with Gasteiger partial charge in [-0.25, -0.2) is 13.8 Å². The van der Waals surface area contributed by atoms with E-state index in [1.54, 1.807) is 0 Å². The smallest absolute Gasteiger partial charge is 0.254 e. The van der Waals surface area contributed by atoms with Crippen molar-refractivity contribution in [3.8, 4) is 0 Å². The number of fused-ring (bicyclic) bond motifs is 1. The van der Waals surface area contributed by atoms with Crippen molar-refractivity contribution in [1.82, 2.24) is 14.9 Å². The molecular formula is C21H19F3N4O2. The second-order valence-corrected chi connectivity index (χ2v) is 7.28. The van der Waals surface area contributed by atoms with E-state index in [0.29, 0.717) is 43.7 Å². The Labute approximate surface area is 169 Å². The van der Waals surface area contributed by atoms with Crippen LogP contribution >= 0.6 is 0 Å². The van der Waals surface area contributed by atoms with E-state index < -0.39 is 23.1 Å². The van der Waals surface area contributed by atoms with Crippen LogP contribution in [0.25, 0.3) is 10.9 Å². The van der Waals surface area contributed by atoms with Gasteiger partial charge in [0.15, 0.2) is 12.1 Å². The number of H-pyrrole nitrogens is 1. The molecule has 2 aromatic heterocycles. The SMILES string of the molecule is Cc1c(F)c2ccc(CN3CCN(c4ccc(C=O)nc4F)CC3)c(F)c2[nH]c1=O. The molecule has 1 fully saturated rings. The molecule has 1 saturated heterocycles. The number of carbonyl (C=O) groups excluding carboxylic acids is 1. The number of nitrogens with zero attached hydrogens (tertiary/aromatic N) is 3. The molecule has 30 heavy (non-hydrogen) atoms. The lowest BCUT2D eigenvalue weighted by Crippen LogP contribution is -2.46. The van der Waals surface area contributed by atoms with E-state index in [1.165, 1.54) is 31.2 Å². The second-order valence-electron chi connectivity index (χ2n) is 7.28. The predicted octanol–water partition coefficient (Wildman–Crippen LogP) is 2.78. The van der Waals surface area contributed by atoms with Crippen molar-refractivity contribution >= 4 is 22.9 Å². The Morgan fingerprint density at radius 1 is 1.07 bits per heavy atom.